The Morgan fingerprint density at radius 3 is 2.47 bits per heavy atom. The fourth-order valence-electron chi connectivity index (χ4n) is 2.05. The summed E-state index contributed by atoms with van der Waals surface area (Å²) in [6.07, 6.45) is 0. The van der Waals surface area contributed by atoms with E-state index in [1.807, 2.05) is 38.1 Å². The smallest absolute Gasteiger partial charge is 0.150 e. The minimum atomic E-state index is -0.689. The van der Waals surface area contributed by atoms with Gasteiger partial charge in [-0.25, -0.2) is 8.78 Å². The molecule has 0 saturated heterocycles. The van der Waals surface area contributed by atoms with Crippen LogP contribution in [0.2, 0.25) is 5.02 Å². The second-order valence-corrected chi connectivity index (χ2v) is 4.87. The molecule has 0 aliphatic heterocycles. The van der Waals surface area contributed by atoms with E-state index in [0.29, 0.717) is 0 Å². The van der Waals surface area contributed by atoms with Crippen molar-refractivity contribution < 1.29 is 8.78 Å². The first-order valence-electron chi connectivity index (χ1n) is 5.95. The molecule has 0 heterocycles. The SMILES string of the molecule is Cc1ccccc1C(C)Nc1c(F)cc(F)cc1Cl. The molecule has 100 valence electrons. The highest BCUT2D eigenvalue weighted by atomic mass is 35.5. The van der Waals surface area contributed by atoms with E-state index < -0.39 is 11.6 Å². The van der Waals surface area contributed by atoms with Crippen LogP contribution in [0.1, 0.15) is 24.1 Å². The maximum absolute atomic E-state index is 13.7. The van der Waals surface area contributed by atoms with Crippen molar-refractivity contribution in [3.63, 3.8) is 0 Å². The highest BCUT2D eigenvalue weighted by Crippen LogP contribution is 2.30. The first-order valence-corrected chi connectivity index (χ1v) is 6.33. The van der Waals surface area contributed by atoms with Crippen LogP contribution in [-0.2, 0) is 0 Å². The predicted molar refractivity (Wildman–Crippen MR) is 74.6 cm³/mol. The summed E-state index contributed by atoms with van der Waals surface area (Å²) in [7, 11) is 0. The summed E-state index contributed by atoms with van der Waals surface area (Å²) in [5.74, 6) is -1.37. The standard InChI is InChI=1S/C15H14ClF2N/c1-9-5-3-4-6-12(9)10(2)19-15-13(16)7-11(17)8-14(15)18/h3-8,10,19H,1-2H3. The van der Waals surface area contributed by atoms with Crippen LogP contribution in [0.4, 0.5) is 14.5 Å². The number of nitrogens with one attached hydrogen (secondary N) is 1. The lowest BCUT2D eigenvalue weighted by Gasteiger charge is -2.19. The van der Waals surface area contributed by atoms with Crippen molar-refractivity contribution in [3.05, 3.63) is 64.2 Å². The van der Waals surface area contributed by atoms with Gasteiger partial charge in [0.25, 0.3) is 0 Å². The third-order valence-electron chi connectivity index (χ3n) is 3.02. The molecule has 0 aliphatic rings. The highest BCUT2D eigenvalue weighted by molar-refractivity contribution is 6.33. The van der Waals surface area contributed by atoms with Crippen LogP contribution < -0.4 is 5.32 Å². The van der Waals surface area contributed by atoms with E-state index in [0.717, 1.165) is 23.3 Å². The maximum Gasteiger partial charge on any atom is 0.150 e. The number of hydrogen-bond acceptors (Lipinski definition) is 1. The quantitative estimate of drug-likeness (QED) is 0.825. The molecule has 2 aromatic rings. The maximum atomic E-state index is 13.7. The van der Waals surface area contributed by atoms with E-state index in [1.54, 1.807) is 0 Å². The Morgan fingerprint density at radius 2 is 1.84 bits per heavy atom. The van der Waals surface area contributed by atoms with Crippen LogP contribution in [0.3, 0.4) is 0 Å². The van der Waals surface area contributed by atoms with Crippen LogP contribution >= 0.6 is 11.6 Å². The zero-order valence-electron chi connectivity index (χ0n) is 10.7. The monoisotopic (exact) mass is 281 g/mol. The normalized spacial score (nSPS) is 12.3. The minimum absolute atomic E-state index is 0.0398. The third kappa shape index (κ3) is 3.04. The van der Waals surface area contributed by atoms with E-state index in [-0.39, 0.29) is 16.8 Å². The highest BCUT2D eigenvalue weighted by Gasteiger charge is 2.14. The molecule has 4 heteroatoms. The first-order chi connectivity index (χ1) is 8.99. The molecule has 0 bridgehead atoms. The molecule has 0 spiro atoms. The molecule has 0 aromatic heterocycles. The van der Waals surface area contributed by atoms with Crippen molar-refractivity contribution in [2.24, 2.45) is 0 Å². The number of benzene rings is 2. The van der Waals surface area contributed by atoms with Gasteiger partial charge in [0.05, 0.1) is 10.7 Å². The number of hydrogen-bond donors (Lipinski definition) is 1. The number of anilines is 1. The van der Waals surface area contributed by atoms with Gasteiger partial charge in [-0.1, -0.05) is 35.9 Å². The van der Waals surface area contributed by atoms with Crippen LogP contribution in [0, 0.1) is 18.6 Å². The summed E-state index contributed by atoms with van der Waals surface area (Å²) in [6.45, 7) is 3.89. The van der Waals surface area contributed by atoms with Gasteiger partial charge in [0.2, 0.25) is 0 Å². The zero-order chi connectivity index (χ0) is 14.0. The van der Waals surface area contributed by atoms with Crippen LogP contribution in [0.25, 0.3) is 0 Å². The first kappa shape index (κ1) is 13.8. The van der Waals surface area contributed by atoms with E-state index in [4.69, 9.17) is 11.6 Å². The van der Waals surface area contributed by atoms with E-state index in [2.05, 4.69) is 5.32 Å². The molecule has 1 nitrogen and oxygen atoms in total. The summed E-state index contributed by atoms with van der Waals surface area (Å²) in [6, 6.07) is 9.59. The van der Waals surface area contributed by atoms with Crippen molar-refractivity contribution in [3.8, 4) is 0 Å². The number of halogens is 3. The molecular formula is C15H14ClF2N. The topological polar surface area (TPSA) is 12.0 Å². The second-order valence-electron chi connectivity index (χ2n) is 4.47. The fraction of sp³-hybridized carbons (Fsp3) is 0.200. The molecular weight excluding hydrogens is 268 g/mol. The Hall–Kier alpha value is -1.61. The van der Waals surface area contributed by atoms with Crippen LogP contribution in [0.15, 0.2) is 36.4 Å². The van der Waals surface area contributed by atoms with Crippen molar-refractivity contribution in [2.75, 3.05) is 5.32 Å². The summed E-state index contributed by atoms with van der Waals surface area (Å²) in [5.41, 5.74) is 2.27. The van der Waals surface area contributed by atoms with Crippen molar-refractivity contribution in [1.29, 1.82) is 0 Å². The average molecular weight is 282 g/mol. The Balaban J connectivity index is 2.29. The van der Waals surface area contributed by atoms with Gasteiger partial charge in [-0.2, -0.15) is 0 Å². The van der Waals surface area contributed by atoms with Crippen LogP contribution in [0.5, 0.6) is 0 Å². The summed E-state index contributed by atoms with van der Waals surface area (Å²) >= 11 is 5.86. The molecule has 1 unspecified atom stereocenters. The zero-order valence-corrected chi connectivity index (χ0v) is 11.4. The van der Waals surface area contributed by atoms with Gasteiger partial charge in [-0.15, -0.1) is 0 Å². The molecule has 0 aliphatic carbocycles. The lowest BCUT2D eigenvalue weighted by Crippen LogP contribution is -2.10. The molecule has 19 heavy (non-hydrogen) atoms. The van der Waals surface area contributed by atoms with Gasteiger partial charge in [0.1, 0.15) is 5.82 Å². The average Bonchev–Trinajstić information content (AvgIpc) is 2.34. The van der Waals surface area contributed by atoms with Gasteiger partial charge in [-0.05, 0) is 31.0 Å². The third-order valence-corrected chi connectivity index (χ3v) is 3.32. The lowest BCUT2D eigenvalue weighted by atomic mass is 10.0. The minimum Gasteiger partial charge on any atom is -0.375 e. The van der Waals surface area contributed by atoms with Gasteiger partial charge in [-0.3, -0.25) is 0 Å². The summed E-state index contributed by atoms with van der Waals surface area (Å²) in [4.78, 5) is 0. The Kier molecular flexibility index (Phi) is 4.05. The molecule has 2 aromatic carbocycles. The molecule has 2 rings (SSSR count). The second kappa shape index (κ2) is 5.57. The fourth-order valence-corrected chi connectivity index (χ4v) is 2.30. The molecule has 1 atom stereocenters. The molecule has 0 saturated carbocycles. The van der Waals surface area contributed by atoms with Crippen molar-refractivity contribution in [1.82, 2.24) is 0 Å². The van der Waals surface area contributed by atoms with Gasteiger partial charge < -0.3 is 5.32 Å². The van der Waals surface area contributed by atoms with E-state index in [1.165, 1.54) is 0 Å². The summed E-state index contributed by atoms with van der Waals surface area (Å²) < 4.78 is 26.7. The Bertz CT molecular complexity index is 575. The largest absolute Gasteiger partial charge is 0.375 e. The molecule has 0 radical (unpaired) electrons. The van der Waals surface area contributed by atoms with E-state index in [9.17, 15) is 8.78 Å². The number of aryl methyl sites for hydroxylation is 1. The van der Waals surface area contributed by atoms with Gasteiger partial charge in [0.15, 0.2) is 5.82 Å². The van der Waals surface area contributed by atoms with Gasteiger partial charge in [0, 0.05) is 12.1 Å². The Labute approximate surface area is 116 Å². The summed E-state index contributed by atoms with van der Waals surface area (Å²) in [5, 5.41) is 3.03. The van der Waals surface area contributed by atoms with Crippen molar-refractivity contribution in [2.45, 2.75) is 19.9 Å². The Morgan fingerprint density at radius 1 is 1.16 bits per heavy atom. The molecule has 0 amide bonds. The number of rotatable bonds is 3. The lowest BCUT2D eigenvalue weighted by molar-refractivity contribution is 0.584. The molecule has 1 N–H and O–H groups in total. The van der Waals surface area contributed by atoms with Crippen LogP contribution in [-0.4, -0.2) is 0 Å². The van der Waals surface area contributed by atoms with Crippen molar-refractivity contribution >= 4 is 17.3 Å². The van der Waals surface area contributed by atoms with Gasteiger partial charge >= 0.3 is 0 Å². The van der Waals surface area contributed by atoms with E-state index >= 15 is 0 Å². The predicted octanol–water partition coefficient (Wildman–Crippen LogP) is 5.10. The molecule has 0 fully saturated rings.